The molecule has 2 N–H and O–H groups in total. The third-order valence-corrected chi connectivity index (χ3v) is 4.04. The van der Waals surface area contributed by atoms with E-state index >= 15 is 0 Å². The number of likely N-dealkylation sites (N-methyl/N-ethyl adjacent to an activating group) is 1. The Balaban J connectivity index is 0.00000288. The van der Waals surface area contributed by atoms with Crippen LogP contribution in [0.15, 0.2) is 29.3 Å². The number of guanidine groups is 1. The lowest BCUT2D eigenvalue weighted by atomic mass is 10.2. The number of alkyl halides is 2. The molecule has 0 spiro atoms. The molecule has 0 amide bonds. The van der Waals surface area contributed by atoms with E-state index in [1.165, 1.54) is 18.9 Å². The summed E-state index contributed by atoms with van der Waals surface area (Å²) in [6.45, 7) is -0.531. The lowest BCUT2D eigenvalue weighted by Gasteiger charge is -2.21. The highest BCUT2D eigenvalue weighted by Gasteiger charge is 2.20. The number of likely N-dealkylation sites (tertiary alicyclic amines) is 1. The molecule has 1 heterocycles. The van der Waals surface area contributed by atoms with Crippen molar-refractivity contribution in [2.75, 3.05) is 27.2 Å². The fourth-order valence-corrected chi connectivity index (χ4v) is 2.71. The molecule has 5 nitrogen and oxygen atoms in total. The molecule has 136 valence electrons. The van der Waals surface area contributed by atoms with Gasteiger partial charge in [-0.25, -0.2) is 0 Å². The molecule has 1 fully saturated rings. The van der Waals surface area contributed by atoms with Crippen molar-refractivity contribution in [3.8, 4) is 5.75 Å². The van der Waals surface area contributed by atoms with Gasteiger partial charge in [0.25, 0.3) is 0 Å². The predicted molar refractivity (Wildman–Crippen MR) is 102 cm³/mol. The van der Waals surface area contributed by atoms with Gasteiger partial charge in [-0.2, -0.15) is 8.78 Å². The van der Waals surface area contributed by atoms with Crippen molar-refractivity contribution in [3.05, 3.63) is 29.8 Å². The van der Waals surface area contributed by atoms with Crippen LogP contribution < -0.4 is 15.4 Å². The summed E-state index contributed by atoms with van der Waals surface area (Å²) in [7, 11) is 3.81. The number of para-hydroxylation sites is 1. The van der Waals surface area contributed by atoms with Crippen molar-refractivity contribution in [2.24, 2.45) is 4.99 Å². The number of rotatable bonds is 6. The van der Waals surface area contributed by atoms with Gasteiger partial charge >= 0.3 is 6.61 Å². The molecule has 1 aliphatic rings. The van der Waals surface area contributed by atoms with Crippen LogP contribution in [0.1, 0.15) is 18.4 Å². The first kappa shape index (κ1) is 20.9. The van der Waals surface area contributed by atoms with Gasteiger partial charge in [-0.05, 0) is 32.5 Å². The van der Waals surface area contributed by atoms with E-state index in [0.29, 0.717) is 24.1 Å². The molecule has 1 aliphatic heterocycles. The highest BCUT2D eigenvalue weighted by molar-refractivity contribution is 14.0. The van der Waals surface area contributed by atoms with E-state index in [4.69, 9.17) is 0 Å². The number of hydrogen-bond donors (Lipinski definition) is 2. The molecule has 0 aromatic heterocycles. The molecular formula is C16H25F2IN4O. The first-order valence-corrected chi connectivity index (χ1v) is 7.77. The predicted octanol–water partition coefficient (Wildman–Crippen LogP) is 2.67. The molecule has 1 unspecified atom stereocenters. The lowest BCUT2D eigenvalue weighted by molar-refractivity contribution is -0.0504. The second-order valence-corrected chi connectivity index (χ2v) is 5.57. The van der Waals surface area contributed by atoms with Gasteiger partial charge in [0, 0.05) is 31.7 Å². The standard InChI is InChI=1S/C16H24F2N4O.HI/c1-19-16(21-11-13-7-5-9-22(13)2)20-10-12-6-3-4-8-14(12)23-15(17)18;/h3-4,6,8,13,15H,5,7,9-11H2,1-2H3,(H2,19,20,21);1H. The lowest BCUT2D eigenvalue weighted by Crippen LogP contribution is -2.43. The van der Waals surface area contributed by atoms with E-state index in [-0.39, 0.29) is 29.7 Å². The van der Waals surface area contributed by atoms with E-state index in [1.807, 2.05) is 0 Å². The summed E-state index contributed by atoms with van der Waals surface area (Å²) in [5.74, 6) is 0.832. The maximum Gasteiger partial charge on any atom is 0.387 e. The largest absolute Gasteiger partial charge is 0.434 e. The van der Waals surface area contributed by atoms with Crippen LogP contribution in [0.25, 0.3) is 0 Å². The monoisotopic (exact) mass is 454 g/mol. The van der Waals surface area contributed by atoms with Crippen LogP contribution in [0, 0.1) is 0 Å². The van der Waals surface area contributed by atoms with Crippen LogP contribution in [0.5, 0.6) is 5.75 Å². The Hall–Kier alpha value is -1.16. The highest BCUT2D eigenvalue weighted by Crippen LogP contribution is 2.20. The number of halogens is 3. The van der Waals surface area contributed by atoms with Gasteiger partial charge in [-0.15, -0.1) is 24.0 Å². The van der Waals surface area contributed by atoms with E-state index in [1.54, 1.807) is 25.2 Å². The van der Waals surface area contributed by atoms with Crippen LogP contribution in [0.2, 0.25) is 0 Å². The minimum atomic E-state index is -2.83. The summed E-state index contributed by atoms with van der Waals surface area (Å²) in [6.07, 6.45) is 2.39. The molecule has 1 aromatic rings. The summed E-state index contributed by atoms with van der Waals surface area (Å²) in [4.78, 5) is 6.49. The zero-order valence-electron chi connectivity index (χ0n) is 14.0. The van der Waals surface area contributed by atoms with Gasteiger partial charge in [0.2, 0.25) is 0 Å². The molecular weight excluding hydrogens is 429 g/mol. The van der Waals surface area contributed by atoms with E-state index in [2.05, 4.69) is 32.3 Å². The topological polar surface area (TPSA) is 48.9 Å². The zero-order valence-corrected chi connectivity index (χ0v) is 16.3. The van der Waals surface area contributed by atoms with Crippen molar-refractivity contribution in [1.29, 1.82) is 0 Å². The average molecular weight is 454 g/mol. The fraction of sp³-hybridized carbons (Fsp3) is 0.562. The van der Waals surface area contributed by atoms with Gasteiger partial charge in [0.1, 0.15) is 5.75 Å². The normalized spacial score (nSPS) is 18.4. The molecule has 2 rings (SSSR count). The summed E-state index contributed by atoms with van der Waals surface area (Å²) < 4.78 is 29.4. The van der Waals surface area contributed by atoms with Crippen LogP contribution >= 0.6 is 24.0 Å². The van der Waals surface area contributed by atoms with Crippen molar-refractivity contribution >= 4 is 29.9 Å². The molecule has 1 aromatic carbocycles. The number of ether oxygens (including phenoxy) is 1. The zero-order chi connectivity index (χ0) is 16.7. The van der Waals surface area contributed by atoms with E-state index in [9.17, 15) is 8.78 Å². The fourth-order valence-electron chi connectivity index (χ4n) is 2.71. The minimum absolute atomic E-state index is 0. The number of benzene rings is 1. The maximum atomic E-state index is 12.4. The first-order chi connectivity index (χ1) is 11.1. The number of hydrogen-bond acceptors (Lipinski definition) is 3. The molecule has 1 atom stereocenters. The summed E-state index contributed by atoms with van der Waals surface area (Å²) in [5, 5.41) is 6.41. The maximum absolute atomic E-state index is 12.4. The van der Waals surface area contributed by atoms with Crippen LogP contribution in [0.4, 0.5) is 8.78 Å². The van der Waals surface area contributed by atoms with Gasteiger partial charge in [-0.1, -0.05) is 18.2 Å². The molecule has 0 saturated carbocycles. The Bertz CT molecular complexity index is 531. The second-order valence-electron chi connectivity index (χ2n) is 5.57. The van der Waals surface area contributed by atoms with E-state index < -0.39 is 6.61 Å². The van der Waals surface area contributed by atoms with Gasteiger partial charge in [0.15, 0.2) is 5.96 Å². The van der Waals surface area contributed by atoms with Crippen molar-refractivity contribution in [1.82, 2.24) is 15.5 Å². The Morgan fingerprint density at radius 1 is 1.38 bits per heavy atom. The smallest absolute Gasteiger partial charge is 0.387 e. The van der Waals surface area contributed by atoms with Crippen LogP contribution in [-0.4, -0.2) is 50.7 Å². The second kappa shape index (κ2) is 10.7. The minimum Gasteiger partial charge on any atom is -0.434 e. The Kier molecular flexibility index (Phi) is 9.27. The molecule has 0 bridgehead atoms. The van der Waals surface area contributed by atoms with Gasteiger partial charge in [0.05, 0.1) is 0 Å². The summed E-state index contributed by atoms with van der Waals surface area (Å²) in [6, 6.07) is 7.25. The summed E-state index contributed by atoms with van der Waals surface area (Å²) >= 11 is 0. The van der Waals surface area contributed by atoms with Crippen LogP contribution in [-0.2, 0) is 6.54 Å². The highest BCUT2D eigenvalue weighted by atomic mass is 127. The molecule has 0 aliphatic carbocycles. The number of nitrogens with zero attached hydrogens (tertiary/aromatic N) is 2. The molecule has 24 heavy (non-hydrogen) atoms. The average Bonchev–Trinajstić information content (AvgIpc) is 2.93. The van der Waals surface area contributed by atoms with Gasteiger partial charge < -0.3 is 20.3 Å². The number of aliphatic imine (C=N–C) groups is 1. The number of nitrogens with one attached hydrogen (secondary N) is 2. The molecule has 1 saturated heterocycles. The Morgan fingerprint density at radius 3 is 2.75 bits per heavy atom. The Labute approximate surface area is 158 Å². The van der Waals surface area contributed by atoms with E-state index in [0.717, 1.165) is 13.1 Å². The van der Waals surface area contributed by atoms with Crippen molar-refractivity contribution < 1.29 is 13.5 Å². The van der Waals surface area contributed by atoms with Crippen molar-refractivity contribution in [3.63, 3.8) is 0 Å². The quantitative estimate of drug-likeness (QED) is 0.395. The molecule has 8 heteroatoms. The third kappa shape index (κ3) is 6.39. The Morgan fingerprint density at radius 2 is 2.12 bits per heavy atom. The molecule has 0 radical (unpaired) electrons. The van der Waals surface area contributed by atoms with Crippen LogP contribution in [0.3, 0.4) is 0 Å². The first-order valence-electron chi connectivity index (χ1n) is 7.77. The van der Waals surface area contributed by atoms with Crippen molar-refractivity contribution in [2.45, 2.75) is 32.0 Å². The third-order valence-electron chi connectivity index (χ3n) is 4.04. The summed E-state index contributed by atoms with van der Waals surface area (Å²) in [5.41, 5.74) is 0.661. The van der Waals surface area contributed by atoms with Gasteiger partial charge in [-0.3, -0.25) is 4.99 Å². The SMILES string of the molecule is CN=C(NCc1ccccc1OC(F)F)NCC1CCCN1C.I.